The minimum absolute atomic E-state index is 0.112. The fourth-order valence-corrected chi connectivity index (χ4v) is 3.43. The van der Waals surface area contributed by atoms with Gasteiger partial charge in [0.05, 0.1) is 4.92 Å². The van der Waals surface area contributed by atoms with Crippen LogP contribution in [0.5, 0.6) is 5.75 Å². The van der Waals surface area contributed by atoms with Crippen molar-refractivity contribution < 1.29 is 17.5 Å². The van der Waals surface area contributed by atoms with Gasteiger partial charge in [-0.15, -0.1) is 0 Å². The molecule has 0 heterocycles. The smallest absolute Gasteiger partial charge is 0.339 e. The SMILES string of the molecule is O=[N+]([O-])c1ccc(S(=O)(=O)Oc2ccc3c(c2)CCC3)cc1. The lowest BCUT2D eigenvalue weighted by molar-refractivity contribution is -0.384. The highest BCUT2D eigenvalue weighted by atomic mass is 32.2. The van der Waals surface area contributed by atoms with Gasteiger partial charge < -0.3 is 4.18 Å². The topological polar surface area (TPSA) is 86.5 Å². The Hall–Kier alpha value is -2.41. The van der Waals surface area contributed by atoms with E-state index in [1.807, 2.05) is 6.07 Å². The minimum Gasteiger partial charge on any atom is -0.379 e. The third kappa shape index (κ3) is 2.80. The van der Waals surface area contributed by atoms with E-state index in [4.69, 9.17) is 4.18 Å². The number of fused-ring (bicyclic) bond motifs is 1. The highest BCUT2D eigenvalue weighted by molar-refractivity contribution is 7.87. The molecule has 3 rings (SSSR count). The first kappa shape index (κ1) is 14.5. The summed E-state index contributed by atoms with van der Waals surface area (Å²) >= 11 is 0. The number of hydrogen-bond donors (Lipinski definition) is 0. The molecule has 0 aliphatic heterocycles. The van der Waals surface area contributed by atoms with E-state index in [1.54, 1.807) is 12.1 Å². The molecule has 1 aliphatic rings. The molecule has 114 valence electrons. The molecule has 2 aromatic rings. The molecule has 22 heavy (non-hydrogen) atoms. The second kappa shape index (κ2) is 5.42. The van der Waals surface area contributed by atoms with Crippen LogP contribution in [0, 0.1) is 10.1 Å². The van der Waals surface area contributed by atoms with Crippen molar-refractivity contribution in [2.24, 2.45) is 0 Å². The maximum atomic E-state index is 12.2. The van der Waals surface area contributed by atoms with Crippen LogP contribution in [-0.4, -0.2) is 13.3 Å². The van der Waals surface area contributed by atoms with Crippen molar-refractivity contribution in [1.82, 2.24) is 0 Å². The van der Waals surface area contributed by atoms with E-state index in [2.05, 4.69) is 0 Å². The Balaban J connectivity index is 1.85. The van der Waals surface area contributed by atoms with Gasteiger partial charge in [0.1, 0.15) is 10.6 Å². The second-order valence-electron chi connectivity index (χ2n) is 5.07. The molecular weight excluding hydrogens is 306 g/mol. The lowest BCUT2D eigenvalue weighted by Gasteiger charge is -2.08. The van der Waals surface area contributed by atoms with E-state index in [0.29, 0.717) is 0 Å². The van der Waals surface area contributed by atoms with Gasteiger partial charge in [-0.1, -0.05) is 6.07 Å². The third-order valence-electron chi connectivity index (χ3n) is 3.61. The lowest BCUT2D eigenvalue weighted by atomic mass is 10.1. The van der Waals surface area contributed by atoms with Crippen molar-refractivity contribution in [2.45, 2.75) is 24.2 Å². The van der Waals surface area contributed by atoms with Gasteiger partial charge in [0.15, 0.2) is 0 Å². The van der Waals surface area contributed by atoms with Crippen LogP contribution in [0.25, 0.3) is 0 Å². The summed E-state index contributed by atoms with van der Waals surface area (Å²) in [6.45, 7) is 0. The molecule has 0 unspecified atom stereocenters. The number of non-ortho nitro benzene ring substituents is 1. The molecule has 1 aliphatic carbocycles. The quantitative estimate of drug-likeness (QED) is 0.491. The van der Waals surface area contributed by atoms with Gasteiger partial charge in [0, 0.05) is 12.1 Å². The van der Waals surface area contributed by atoms with Crippen LogP contribution < -0.4 is 4.18 Å². The monoisotopic (exact) mass is 319 g/mol. The zero-order valence-electron chi connectivity index (χ0n) is 11.6. The summed E-state index contributed by atoms with van der Waals surface area (Å²) in [7, 11) is -4.00. The van der Waals surface area contributed by atoms with Crippen molar-refractivity contribution in [3.05, 3.63) is 63.7 Å². The molecule has 0 bridgehead atoms. The van der Waals surface area contributed by atoms with Gasteiger partial charge in [-0.25, -0.2) is 0 Å². The fraction of sp³-hybridized carbons (Fsp3) is 0.200. The van der Waals surface area contributed by atoms with Gasteiger partial charge in [-0.05, 0) is 54.7 Å². The van der Waals surface area contributed by atoms with E-state index >= 15 is 0 Å². The molecular formula is C15H13NO5S. The number of nitrogens with zero attached hydrogens (tertiary/aromatic N) is 1. The summed E-state index contributed by atoms with van der Waals surface area (Å²) < 4.78 is 29.5. The molecule has 0 atom stereocenters. The predicted octanol–water partition coefficient (Wildman–Crippen LogP) is 2.85. The maximum absolute atomic E-state index is 12.2. The van der Waals surface area contributed by atoms with Crippen molar-refractivity contribution in [3.8, 4) is 5.75 Å². The van der Waals surface area contributed by atoms with Crippen molar-refractivity contribution in [1.29, 1.82) is 0 Å². The summed E-state index contributed by atoms with van der Waals surface area (Å²) in [4.78, 5) is 9.89. The zero-order valence-corrected chi connectivity index (χ0v) is 12.4. The molecule has 0 saturated carbocycles. The summed E-state index contributed by atoms with van der Waals surface area (Å²) in [5.41, 5.74) is 2.16. The first-order chi connectivity index (χ1) is 10.5. The third-order valence-corrected chi connectivity index (χ3v) is 4.87. The largest absolute Gasteiger partial charge is 0.379 e. The maximum Gasteiger partial charge on any atom is 0.339 e. The molecule has 0 amide bonds. The van der Waals surface area contributed by atoms with E-state index in [9.17, 15) is 18.5 Å². The summed E-state index contributed by atoms with van der Waals surface area (Å²) in [6, 6.07) is 9.86. The van der Waals surface area contributed by atoms with Crippen molar-refractivity contribution in [2.75, 3.05) is 0 Å². The molecule has 0 fully saturated rings. The minimum atomic E-state index is -4.00. The molecule has 0 radical (unpaired) electrons. The highest BCUT2D eigenvalue weighted by Gasteiger charge is 2.19. The summed E-state index contributed by atoms with van der Waals surface area (Å²) in [5.74, 6) is 0.263. The highest BCUT2D eigenvalue weighted by Crippen LogP contribution is 2.28. The molecule has 0 spiro atoms. The number of benzene rings is 2. The van der Waals surface area contributed by atoms with Crippen LogP contribution in [0.1, 0.15) is 17.5 Å². The van der Waals surface area contributed by atoms with Crippen molar-refractivity contribution >= 4 is 15.8 Å². The number of nitro benzene ring substituents is 1. The molecule has 2 aromatic carbocycles. The number of hydrogen-bond acceptors (Lipinski definition) is 5. The number of rotatable bonds is 4. The summed E-state index contributed by atoms with van der Waals surface area (Å²) in [5, 5.41) is 10.6. The van der Waals surface area contributed by atoms with E-state index in [0.717, 1.165) is 37.0 Å². The molecule has 7 heteroatoms. The molecule has 6 nitrogen and oxygen atoms in total. The Labute approximate surface area is 127 Å². The van der Waals surface area contributed by atoms with Gasteiger partial charge in [0.2, 0.25) is 0 Å². The Morgan fingerprint density at radius 2 is 1.68 bits per heavy atom. The predicted molar refractivity (Wildman–Crippen MR) is 79.4 cm³/mol. The Kier molecular flexibility index (Phi) is 3.58. The van der Waals surface area contributed by atoms with E-state index < -0.39 is 15.0 Å². The van der Waals surface area contributed by atoms with Gasteiger partial charge in [-0.3, -0.25) is 10.1 Å². The molecule has 0 saturated heterocycles. The Morgan fingerprint density at radius 3 is 2.36 bits per heavy atom. The Bertz CT molecular complexity index is 828. The number of nitro groups is 1. The number of aryl methyl sites for hydroxylation is 2. The molecule has 0 aromatic heterocycles. The first-order valence-electron chi connectivity index (χ1n) is 6.76. The van der Waals surface area contributed by atoms with E-state index in [-0.39, 0.29) is 16.3 Å². The average molecular weight is 319 g/mol. The second-order valence-corrected chi connectivity index (χ2v) is 6.62. The van der Waals surface area contributed by atoms with Crippen LogP contribution >= 0.6 is 0 Å². The van der Waals surface area contributed by atoms with Gasteiger partial charge >= 0.3 is 10.1 Å². The first-order valence-corrected chi connectivity index (χ1v) is 8.17. The van der Waals surface area contributed by atoms with Crippen LogP contribution in [0.15, 0.2) is 47.4 Å². The van der Waals surface area contributed by atoms with Gasteiger partial charge in [-0.2, -0.15) is 8.42 Å². The van der Waals surface area contributed by atoms with E-state index in [1.165, 1.54) is 17.7 Å². The average Bonchev–Trinajstić information content (AvgIpc) is 2.94. The molecule has 0 N–H and O–H groups in total. The van der Waals surface area contributed by atoms with Crippen LogP contribution in [0.4, 0.5) is 5.69 Å². The zero-order chi connectivity index (χ0) is 15.7. The fourth-order valence-electron chi connectivity index (χ4n) is 2.51. The standard InChI is InChI=1S/C15H13NO5S/c17-16(18)13-5-8-15(9-6-13)22(19,20)21-14-7-4-11-2-1-3-12(11)10-14/h4-10H,1-3H2. The normalized spacial score (nSPS) is 13.6. The van der Waals surface area contributed by atoms with Crippen LogP contribution in [0.3, 0.4) is 0 Å². The van der Waals surface area contributed by atoms with Crippen LogP contribution in [-0.2, 0) is 23.0 Å². The van der Waals surface area contributed by atoms with Crippen molar-refractivity contribution in [3.63, 3.8) is 0 Å². The van der Waals surface area contributed by atoms with Crippen LogP contribution in [0.2, 0.25) is 0 Å². The summed E-state index contributed by atoms with van der Waals surface area (Å²) in [6.07, 6.45) is 2.99. The lowest BCUT2D eigenvalue weighted by Crippen LogP contribution is -2.10. The Morgan fingerprint density at radius 1 is 1.00 bits per heavy atom. The van der Waals surface area contributed by atoms with Gasteiger partial charge in [0.25, 0.3) is 5.69 Å².